The molecular weight excluding hydrogens is 529 g/mol. The Morgan fingerprint density at radius 2 is 1.72 bits per heavy atom. The number of sulfonamides is 1. The Morgan fingerprint density at radius 3 is 2.28 bits per heavy atom. The molecule has 2 fully saturated rings. The number of carbonyl (C=O) groups is 1. The van der Waals surface area contributed by atoms with E-state index in [-0.39, 0.29) is 43.0 Å². The van der Waals surface area contributed by atoms with Gasteiger partial charge < -0.3 is 10.6 Å². The van der Waals surface area contributed by atoms with Gasteiger partial charge >= 0.3 is 6.18 Å². The summed E-state index contributed by atoms with van der Waals surface area (Å²) >= 11 is 0. The smallest absolute Gasteiger partial charge is 0.316 e. The Balaban J connectivity index is 1.32. The van der Waals surface area contributed by atoms with Gasteiger partial charge in [0.2, 0.25) is 10.0 Å². The predicted molar refractivity (Wildman–Crippen MR) is 146 cm³/mol. The summed E-state index contributed by atoms with van der Waals surface area (Å²) in [7, 11) is -1.60. The Morgan fingerprint density at radius 1 is 1.10 bits per heavy atom. The molecule has 1 aromatic carbocycles. The Hall–Kier alpha value is -1.98. The number of halogens is 3. The average Bonchev–Trinajstić information content (AvgIpc) is 3.18. The van der Waals surface area contributed by atoms with Crippen LogP contribution in [0.4, 0.5) is 13.2 Å². The molecule has 2 aliphatic heterocycles. The minimum atomic E-state index is -4.12. The molecule has 1 aliphatic carbocycles. The standard InChI is InChI=1S/C28H41F3N4O3S/c1-19-16-22(18-32-3)17-20(2)24(19)9-15-39(37,38)35-13-11-27(12-14-35)26(36)33-25(34-27)23-6-4-21(5-7-23)8-10-28(29,30)31/h16-17,21,23,32H,4-15,18H2,1-3H3,(H,33,34,36). The molecule has 3 aliphatic rings. The monoisotopic (exact) mass is 570 g/mol. The number of amides is 1. The van der Waals surface area contributed by atoms with E-state index in [1.807, 2.05) is 20.9 Å². The van der Waals surface area contributed by atoms with Crippen LogP contribution in [0.1, 0.15) is 73.6 Å². The van der Waals surface area contributed by atoms with E-state index in [0.29, 0.717) is 50.8 Å². The molecule has 0 bridgehead atoms. The number of alkyl halides is 3. The zero-order chi connectivity index (χ0) is 28.4. The normalized spacial score (nSPS) is 24.2. The number of amidine groups is 1. The van der Waals surface area contributed by atoms with Gasteiger partial charge in [-0.1, -0.05) is 12.1 Å². The van der Waals surface area contributed by atoms with Gasteiger partial charge in [0.25, 0.3) is 5.91 Å². The molecule has 1 saturated heterocycles. The summed E-state index contributed by atoms with van der Waals surface area (Å²) < 4.78 is 65.6. The number of aryl methyl sites for hydroxylation is 2. The maximum atomic E-state index is 13.2. The fourth-order valence-corrected chi connectivity index (χ4v) is 7.90. The quantitative estimate of drug-likeness (QED) is 0.460. The van der Waals surface area contributed by atoms with Crippen LogP contribution in [-0.4, -0.2) is 62.1 Å². The van der Waals surface area contributed by atoms with E-state index in [9.17, 15) is 26.4 Å². The van der Waals surface area contributed by atoms with Gasteiger partial charge in [0.15, 0.2) is 0 Å². The largest absolute Gasteiger partial charge is 0.389 e. The maximum Gasteiger partial charge on any atom is 0.389 e. The van der Waals surface area contributed by atoms with Gasteiger partial charge in [-0.2, -0.15) is 13.2 Å². The molecular formula is C28H41F3N4O3S. The predicted octanol–water partition coefficient (Wildman–Crippen LogP) is 4.41. The van der Waals surface area contributed by atoms with Gasteiger partial charge in [-0.05, 0) is 100 Å². The molecule has 1 aromatic rings. The molecule has 1 spiro atoms. The molecule has 2 heterocycles. The second-order valence-electron chi connectivity index (χ2n) is 11.6. The molecule has 11 heteroatoms. The van der Waals surface area contributed by atoms with Crippen LogP contribution in [0.2, 0.25) is 0 Å². The summed E-state index contributed by atoms with van der Waals surface area (Å²) in [6.07, 6.45) is -0.772. The van der Waals surface area contributed by atoms with Crippen molar-refractivity contribution < 1.29 is 26.4 Å². The van der Waals surface area contributed by atoms with Crippen molar-refractivity contribution in [1.29, 1.82) is 0 Å². The molecule has 7 nitrogen and oxygen atoms in total. The number of aliphatic imine (C=N–C) groups is 1. The highest BCUT2D eigenvalue weighted by Gasteiger charge is 2.48. The number of hydrogen-bond acceptors (Lipinski definition) is 5. The van der Waals surface area contributed by atoms with Gasteiger partial charge in [0.05, 0.1) is 5.75 Å². The highest BCUT2D eigenvalue weighted by molar-refractivity contribution is 7.89. The lowest BCUT2D eigenvalue weighted by Gasteiger charge is -2.34. The fourth-order valence-electron chi connectivity index (χ4n) is 6.44. The van der Waals surface area contributed by atoms with Crippen LogP contribution in [-0.2, 0) is 27.8 Å². The van der Waals surface area contributed by atoms with Gasteiger partial charge in [-0.3, -0.25) is 9.79 Å². The third kappa shape index (κ3) is 7.21. The molecule has 2 N–H and O–H groups in total. The lowest BCUT2D eigenvalue weighted by atomic mass is 9.79. The number of nitrogens with one attached hydrogen (secondary N) is 2. The zero-order valence-electron chi connectivity index (χ0n) is 23.2. The Labute approximate surface area is 230 Å². The first-order valence-electron chi connectivity index (χ1n) is 14.0. The number of benzene rings is 1. The molecule has 39 heavy (non-hydrogen) atoms. The highest BCUT2D eigenvalue weighted by Crippen LogP contribution is 2.38. The number of hydrogen-bond donors (Lipinski definition) is 2. The van der Waals surface area contributed by atoms with Crippen LogP contribution in [0.3, 0.4) is 0 Å². The van der Waals surface area contributed by atoms with Crippen LogP contribution in [0.5, 0.6) is 0 Å². The first-order chi connectivity index (χ1) is 18.3. The fraction of sp³-hybridized carbons (Fsp3) is 0.714. The van der Waals surface area contributed by atoms with Gasteiger partial charge in [0, 0.05) is 32.0 Å². The highest BCUT2D eigenvalue weighted by atomic mass is 32.2. The minimum Gasteiger partial charge on any atom is -0.316 e. The van der Waals surface area contributed by atoms with Crippen molar-refractivity contribution in [2.45, 2.75) is 89.9 Å². The first-order valence-corrected chi connectivity index (χ1v) is 15.6. The lowest BCUT2D eigenvalue weighted by Crippen LogP contribution is -2.51. The van der Waals surface area contributed by atoms with Gasteiger partial charge in [-0.25, -0.2) is 12.7 Å². The molecule has 0 aromatic heterocycles. The van der Waals surface area contributed by atoms with E-state index in [1.165, 1.54) is 9.87 Å². The lowest BCUT2D eigenvalue weighted by molar-refractivity contribution is -0.138. The number of nitrogens with zero attached hydrogens (tertiary/aromatic N) is 2. The SMILES string of the molecule is CNCc1cc(C)c(CCS(=O)(=O)N2CCC3(CC2)N=C(C2CCC(CCC(F)(F)F)CC2)NC3=O)c(C)c1. The molecule has 218 valence electrons. The van der Waals surface area contributed by atoms with Crippen molar-refractivity contribution in [3.05, 3.63) is 34.4 Å². The number of piperidine rings is 1. The molecule has 4 rings (SSSR count). The molecule has 0 unspecified atom stereocenters. The van der Waals surface area contributed by atoms with Crippen LogP contribution in [0, 0.1) is 25.7 Å². The van der Waals surface area contributed by atoms with Gasteiger partial charge in [0.1, 0.15) is 11.4 Å². The van der Waals surface area contributed by atoms with Crippen LogP contribution >= 0.6 is 0 Å². The third-order valence-corrected chi connectivity index (χ3v) is 10.6. The second kappa shape index (κ2) is 11.9. The molecule has 1 saturated carbocycles. The summed E-state index contributed by atoms with van der Waals surface area (Å²) in [5.74, 6) is 0.579. The summed E-state index contributed by atoms with van der Waals surface area (Å²) in [5, 5.41) is 6.08. The van der Waals surface area contributed by atoms with E-state index in [4.69, 9.17) is 4.99 Å². The van der Waals surface area contributed by atoms with Crippen LogP contribution in [0.15, 0.2) is 17.1 Å². The van der Waals surface area contributed by atoms with Crippen molar-refractivity contribution >= 4 is 21.8 Å². The summed E-state index contributed by atoms with van der Waals surface area (Å²) in [6, 6.07) is 4.19. The molecule has 0 atom stereocenters. The molecule has 1 amide bonds. The minimum absolute atomic E-state index is 0.0192. The van der Waals surface area contributed by atoms with Gasteiger partial charge in [-0.15, -0.1) is 0 Å². The maximum absolute atomic E-state index is 13.2. The topological polar surface area (TPSA) is 90.9 Å². The van der Waals surface area contributed by atoms with Crippen LogP contribution < -0.4 is 10.6 Å². The zero-order valence-corrected chi connectivity index (χ0v) is 24.0. The average molecular weight is 571 g/mol. The summed E-state index contributed by atoms with van der Waals surface area (Å²) in [5.41, 5.74) is 3.47. The van der Waals surface area contributed by atoms with Crippen molar-refractivity contribution in [2.24, 2.45) is 16.8 Å². The van der Waals surface area contributed by atoms with E-state index >= 15 is 0 Å². The number of rotatable bonds is 9. The van der Waals surface area contributed by atoms with Crippen molar-refractivity contribution in [3.8, 4) is 0 Å². The van der Waals surface area contributed by atoms with E-state index < -0.39 is 28.2 Å². The Bertz CT molecular complexity index is 1160. The summed E-state index contributed by atoms with van der Waals surface area (Å²) in [4.78, 5) is 17.8. The second-order valence-corrected chi connectivity index (χ2v) is 13.6. The number of carbonyl (C=O) groups excluding carboxylic acids is 1. The van der Waals surface area contributed by atoms with E-state index in [2.05, 4.69) is 22.8 Å². The van der Waals surface area contributed by atoms with Crippen LogP contribution in [0.25, 0.3) is 0 Å². The van der Waals surface area contributed by atoms with Crippen molar-refractivity contribution in [2.75, 3.05) is 25.9 Å². The van der Waals surface area contributed by atoms with E-state index in [0.717, 1.165) is 23.2 Å². The van der Waals surface area contributed by atoms with E-state index in [1.54, 1.807) is 0 Å². The summed E-state index contributed by atoms with van der Waals surface area (Å²) in [6.45, 7) is 5.28. The Kier molecular flexibility index (Phi) is 9.12. The van der Waals surface area contributed by atoms with Crippen molar-refractivity contribution in [1.82, 2.24) is 14.9 Å². The first kappa shape index (κ1) is 30.0. The van der Waals surface area contributed by atoms with Crippen molar-refractivity contribution in [3.63, 3.8) is 0 Å². The molecule has 0 radical (unpaired) electrons. The third-order valence-electron chi connectivity index (χ3n) is 8.76.